The summed E-state index contributed by atoms with van der Waals surface area (Å²) in [5, 5.41) is 4.08. The average Bonchev–Trinajstić information content (AvgIpc) is 3.14. The monoisotopic (exact) mass is 351 g/mol. The van der Waals surface area contributed by atoms with Crippen LogP contribution in [-0.2, 0) is 21.0 Å². The topological polar surface area (TPSA) is 71.1 Å². The molecule has 136 valence electrons. The van der Waals surface area contributed by atoms with Crippen molar-refractivity contribution in [2.45, 2.75) is 25.4 Å². The van der Waals surface area contributed by atoms with E-state index in [2.05, 4.69) is 5.32 Å². The van der Waals surface area contributed by atoms with Gasteiger partial charge in [0, 0.05) is 31.3 Å². The minimum absolute atomic E-state index is 0.0175. The van der Waals surface area contributed by atoms with Gasteiger partial charge in [-0.15, -0.1) is 0 Å². The fraction of sp³-hybridized carbons (Fsp3) is 0.529. The third-order valence-electron chi connectivity index (χ3n) is 4.47. The van der Waals surface area contributed by atoms with Crippen LogP contribution in [0.15, 0.2) is 18.2 Å². The minimum atomic E-state index is -0.632. The molecule has 0 spiro atoms. The summed E-state index contributed by atoms with van der Waals surface area (Å²) in [6, 6.07) is 4.01. The van der Waals surface area contributed by atoms with Gasteiger partial charge in [0.2, 0.25) is 11.8 Å². The van der Waals surface area contributed by atoms with E-state index in [1.165, 1.54) is 18.2 Å². The SMILES string of the molecule is COc1ccc(CN2CCNC(=O)[C@@H]2CC(=O)N2CCCO2)c(F)c1. The van der Waals surface area contributed by atoms with Crippen LogP contribution in [0.5, 0.6) is 5.75 Å². The summed E-state index contributed by atoms with van der Waals surface area (Å²) >= 11 is 0. The predicted octanol–water partition coefficient (Wildman–Crippen LogP) is 0.689. The zero-order valence-electron chi connectivity index (χ0n) is 14.2. The number of ether oxygens (including phenoxy) is 1. The number of hydrogen-bond acceptors (Lipinski definition) is 5. The van der Waals surface area contributed by atoms with Crippen LogP contribution in [0.25, 0.3) is 0 Å². The number of piperazine rings is 1. The van der Waals surface area contributed by atoms with Gasteiger partial charge in [-0.25, -0.2) is 9.45 Å². The summed E-state index contributed by atoms with van der Waals surface area (Å²) in [5.41, 5.74) is 0.463. The molecule has 2 amide bonds. The lowest BCUT2D eigenvalue weighted by molar-refractivity contribution is -0.171. The van der Waals surface area contributed by atoms with Crippen LogP contribution in [0.1, 0.15) is 18.4 Å². The number of methoxy groups -OCH3 is 1. The quantitative estimate of drug-likeness (QED) is 0.845. The number of hydrogen-bond donors (Lipinski definition) is 1. The number of carbonyl (C=O) groups excluding carboxylic acids is 2. The van der Waals surface area contributed by atoms with Crippen molar-refractivity contribution < 1.29 is 23.6 Å². The molecule has 0 saturated carbocycles. The van der Waals surface area contributed by atoms with Gasteiger partial charge in [0.05, 0.1) is 32.7 Å². The summed E-state index contributed by atoms with van der Waals surface area (Å²) in [7, 11) is 1.48. The fourth-order valence-corrected chi connectivity index (χ4v) is 3.09. The van der Waals surface area contributed by atoms with Crippen molar-refractivity contribution in [1.29, 1.82) is 0 Å². The Hall–Kier alpha value is -2.19. The third kappa shape index (κ3) is 4.08. The second kappa shape index (κ2) is 7.79. The normalized spacial score (nSPS) is 21.3. The maximum atomic E-state index is 14.2. The predicted molar refractivity (Wildman–Crippen MR) is 87.1 cm³/mol. The highest BCUT2D eigenvalue weighted by atomic mass is 19.1. The molecule has 0 radical (unpaired) electrons. The summed E-state index contributed by atoms with van der Waals surface area (Å²) < 4.78 is 19.2. The maximum Gasteiger partial charge on any atom is 0.248 e. The molecule has 2 aliphatic rings. The molecule has 0 bridgehead atoms. The standard InChI is InChI=1S/C17H22FN3O4/c1-24-13-4-3-12(14(18)9-13)11-20-7-5-19-17(23)15(20)10-16(22)21-6-2-8-25-21/h3-4,9,15H,2,5-8,10-11H2,1H3,(H,19,23)/t15-/m0/s1. The van der Waals surface area contributed by atoms with Crippen molar-refractivity contribution in [2.24, 2.45) is 0 Å². The van der Waals surface area contributed by atoms with Crippen molar-refractivity contribution in [3.05, 3.63) is 29.6 Å². The number of halogens is 1. The molecule has 1 aromatic carbocycles. The lowest BCUT2D eigenvalue weighted by Gasteiger charge is -2.35. The molecule has 0 aliphatic carbocycles. The molecule has 0 unspecified atom stereocenters. The molecule has 2 fully saturated rings. The van der Waals surface area contributed by atoms with E-state index >= 15 is 0 Å². The van der Waals surface area contributed by atoms with Crippen molar-refractivity contribution in [2.75, 3.05) is 33.4 Å². The van der Waals surface area contributed by atoms with Gasteiger partial charge in [0.1, 0.15) is 11.6 Å². The Balaban J connectivity index is 1.71. The Labute approximate surface area is 145 Å². The molecule has 0 aromatic heterocycles. The Morgan fingerprint density at radius 2 is 2.28 bits per heavy atom. The highest BCUT2D eigenvalue weighted by Gasteiger charge is 2.34. The van der Waals surface area contributed by atoms with Crippen LogP contribution >= 0.6 is 0 Å². The molecule has 1 aromatic rings. The average molecular weight is 351 g/mol. The molecule has 2 saturated heterocycles. The first-order valence-electron chi connectivity index (χ1n) is 8.36. The van der Waals surface area contributed by atoms with E-state index < -0.39 is 11.9 Å². The zero-order valence-corrected chi connectivity index (χ0v) is 14.2. The maximum absolute atomic E-state index is 14.2. The molecule has 8 heteroatoms. The van der Waals surface area contributed by atoms with E-state index in [0.29, 0.717) is 37.6 Å². The summed E-state index contributed by atoms with van der Waals surface area (Å²) in [5.74, 6) is -0.388. The van der Waals surface area contributed by atoms with Gasteiger partial charge < -0.3 is 10.1 Å². The number of amides is 2. The molecule has 2 heterocycles. The number of nitrogens with zero attached hydrogens (tertiary/aromatic N) is 2. The van der Waals surface area contributed by atoms with Gasteiger partial charge in [0.25, 0.3) is 0 Å². The van der Waals surface area contributed by atoms with E-state index in [1.807, 2.05) is 4.90 Å². The van der Waals surface area contributed by atoms with Crippen molar-refractivity contribution in [3.63, 3.8) is 0 Å². The number of rotatable bonds is 5. The number of nitrogens with one attached hydrogen (secondary N) is 1. The highest BCUT2D eigenvalue weighted by Crippen LogP contribution is 2.21. The number of hydroxylamine groups is 2. The van der Waals surface area contributed by atoms with Gasteiger partial charge >= 0.3 is 0 Å². The summed E-state index contributed by atoms with van der Waals surface area (Å²) in [6.45, 7) is 2.34. The first kappa shape index (κ1) is 17.6. The Bertz CT molecular complexity index is 649. The van der Waals surface area contributed by atoms with Crippen molar-refractivity contribution in [3.8, 4) is 5.75 Å². The first-order chi connectivity index (χ1) is 12.1. The molecule has 2 aliphatic heterocycles. The highest BCUT2D eigenvalue weighted by molar-refractivity contribution is 5.88. The smallest absolute Gasteiger partial charge is 0.248 e. The Morgan fingerprint density at radius 3 is 2.96 bits per heavy atom. The molecule has 7 nitrogen and oxygen atoms in total. The fourth-order valence-electron chi connectivity index (χ4n) is 3.09. The molecule has 1 N–H and O–H groups in total. The van der Waals surface area contributed by atoms with Crippen LogP contribution in [0.2, 0.25) is 0 Å². The van der Waals surface area contributed by atoms with Gasteiger partial charge in [-0.2, -0.15) is 0 Å². The minimum Gasteiger partial charge on any atom is -0.497 e. The number of benzene rings is 1. The molecular formula is C17H22FN3O4. The third-order valence-corrected chi connectivity index (χ3v) is 4.47. The molecule has 3 rings (SSSR count). The van der Waals surface area contributed by atoms with E-state index in [9.17, 15) is 14.0 Å². The van der Waals surface area contributed by atoms with Crippen LogP contribution in [0.3, 0.4) is 0 Å². The lowest BCUT2D eigenvalue weighted by Crippen LogP contribution is -2.56. The zero-order chi connectivity index (χ0) is 17.8. The second-order valence-corrected chi connectivity index (χ2v) is 6.12. The van der Waals surface area contributed by atoms with E-state index in [1.54, 1.807) is 12.1 Å². The van der Waals surface area contributed by atoms with Crippen LogP contribution in [-0.4, -0.2) is 61.2 Å². The van der Waals surface area contributed by atoms with Crippen molar-refractivity contribution >= 4 is 11.8 Å². The van der Waals surface area contributed by atoms with E-state index in [4.69, 9.17) is 9.57 Å². The number of carbonyl (C=O) groups is 2. The van der Waals surface area contributed by atoms with Gasteiger partial charge in [-0.3, -0.25) is 19.3 Å². The Kier molecular flexibility index (Phi) is 5.50. The largest absolute Gasteiger partial charge is 0.497 e. The van der Waals surface area contributed by atoms with Gasteiger partial charge in [-0.1, -0.05) is 6.07 Å². The first-order valence-corrected chi connectivity index (χ1v) is 8.36. The second-order valence-electron chi connectivity index (χ2n) is 6.12. The van der Waals surface area contributed by atoms with Gasteiger partial charge in [0.15, 0.2) is 0 Å². The van der Waals surface area contributed by atoms with E-state index in [0.717, 1.165) is 6.42 Å². The lowest BCUT2D eigenvalue weighted by atomic mass is 10.1. The Morgan fingerprint density at radius 1 is 1.44 bits per heavy atom. The van der Waals surface area contributed by atoms with Crippen LogP contribution in [0, 0.1) is 5.82 Å². The van der Waals surface area contributed by atoms with Crippen molar-refractivity contribution in [1.82, 2.24) is 15.3 Å². The van der Waals surface area contributed by atoms with Crippen LogP contribution < -0.4 is 10.1 Å². The summed E-state index contributed by atoms with van der Waals surface area (Å²) in [4.78, 5) is 31.6. The molecular weight excluding hydrogens is 329 g/mol. The summed E-state index contributed by atoms with van der Waals surface area (Å²) in [6.07, 6.45) is 0.812. The molecule has 1 atom stereocenters. The van der Waals surface area contributed by atoms with E-state index in [-0.39, 0.29) is 24.8 Å². The molecule has 25 heavy (non-hydrogen) atoms. The van der Waals surface area contributed by atoms with Gasteiger partial charge in [-0.05, 0) is 12.5 Å². The van der Waals surface area contributed by atoms with Crippen LogP contribution in [0.4, 0.5) is 4.39 Å².